The van der Waals surface area contributed by atoms with Gasteiger partial charge in [0.05, 0.1) is 12.8 Å². The van der Waals surface area contributed by atoms with Crippen LogP contribution < -0.4 is 0 Å². The van der Waals surface area contributed by atoms with Crippen molar-refractivity contribution in [3.05, 3.63) is 11.9 Å². The lowest BCUT2D eigenvalue weighted by Crippen LogP contribution is -2.00. The molecule has 1 aromatic heterocycles. The zero-order valence-electron chi connectivity index (χ0n) is 16.5. The Hall–Kier alpha value is -0.900. The van der Waals surface area contributed by atoms with Crippen molar-refractivity contribution in [3.8, 4) is 0 Å². The molecule has 4 nitrogen and oxygen atoms in total. The smallest absolute Gasteiger partial charge is 0.108 e. The van der Waals surface area contributed by atoms with E-state index in [4.69, 9.17) is 4.74 Å². The summed E-state index contributed by atoms with van der Waals surface area (Å²) in [6.45, 7) is 11.4. The Bertz CT molecular complexity index is 401. The normalized spacial score (nSPS) is 11.8. The predicted molar refractivity (Wildman–Crippen MR) is 101 cm³/mol. The van der Waals surface area contributed by atoms with Gasteiger partial charge in [-0.25, -0.2) is 0 Å². The van der Waals surface area contributed by atoms with Gasteiger partial charge in [0.2, 0.25) is 0 Å². The molecule has 140 valence electrons. The molecule has 1 heterocycles. The van der Waals surface area contributed by atoms with E-state index >= 15 is 0 Å². The highest BCUT2D eigenvalue weighted by molar-refractivity contribution is 4.89. The van der Waals surface area contributed by atoms with Crippen LogP contribution in [0.5, 0.6) is 0 Å². The lowest BCUT2D eigenvalue weighted by molar-refractivity contribution is 0.108. The molecule has 0 fully saturated rings. The van der Waals surface area contributed by atoms with Crippen molar-refractivity contribution < 1.29 is 4.74 Å². The number of hydrogen-bond acceptors (Lipinski definition) is 3. The number of rotatable bonds is 15. The summed E-state index contributed by atoms with van der Waals surface area (Å²) in [7, 11) is 0. The first-order valence-corrected chi connectivity index (χ1v) is 10.0. The molecule has 4 heteroatoms. The van der Waals surface area contributed by atoms with Gasteiger partial charge in [-0.15, -0.1) is 5.10 Å². The van der Waals surface area contributed by atoms with Crippen molar-refractivity contribution in [1.82, 2.24) is 15.0 Å². The summed E-state index contributed by atoms with van der Waals surface area (Å²) in [5.74, 6) is 1.55. The molecule has 0 aliphatic heterocycles. The average Bonchev–Trinajstić information content (AvgIpc) is 2.97. The van der Waals surface area contributed by atoms with Gasteiger partial charge in [0.25, 0.3) is 0 Å². The van der Waals surface area contributed by atoms with Crippen LogP contribution in [0.3, 0.4) is 0 Å². The topological polar surface area (TPSA) is 39.9 Å². The van der Waals surface area contributed by atoms with E-state index in [1.54, 1.807) is 0 Å². The molecule has 24 heavy (non-hydrogen) atoms. The van der Waals surface area contributed by atoms with Crippen molar-refractivity contribution in [2.24, 2.45) is 11.8 Å². The Morgan fingerprint density at radius 1 is 0.875 bits per heavy atom. The number of ether oxygens (including phenoxy) is 1. The van der Waals surface area contributed by atoms with Crippen molar-refractivity contribution in [1.29, 1.82) is 0 Å². The second-order valence-electron chi connectivity index (χ2n) is 7.87. The van der Waals surface area contributed by atoms with Gasteiger partial charge in [0.1, 0.15) is 5.69 Å². The Labute approximate surface area is 149 Å². The summed E-state index contributed by atoms with van der Waals surface area (Å²) in [6.07, 6.45) is 13.9. The Kier molecular flexibility index (Phi) is 11.8. The van der Waals surface area contributed by atoms with E-state index in [1.807, 2.05) is 10.9 Å². The molecular weight excluding hydrogens is 298 g/mol. The Morgan fingerprint density at radius 3 is 2.17 bits per heavy atom. The first-order valence-electron chi connectivity index (χ1n) is 10.0. The fraction of sp³-hybridized carbons (Fsp3) is 0.900. The summed E-state index contributed by atoms with van der Waals surface area (Å²) in [6, 6.07) is 0. The van der Waals surface area contributed by atoms with Gasteiger partial charge >= 0.3 is 0 Å². The first kappa shape index (κ1) is 21.1. The lowest BCUT2D eigenvalue weighted by atomic mass is 10.0. The second-order valence-corrected chi connectivity index (χ2v) is 7.87. The molecule has 0 aliphatic carbocycles. The quantitative estimate of drug-likeness (QED) is 0.390. The maximum absolute atomic E-state index is 5.63. The third-order valence-electron chi connectivity index (χ3n) is 4.34. The van der Waals surface area contributed by atoms with E-state index in [2.05, 4.69) is 38.0 Å². The van der Waals surface area contributed by atoms with Crippen LogP contribution in [0.25, 0.3) is 0 Å². The third-order valence-corrected chi connectivity index (χ3v) is 4.34. The molecule has 0 amide bonds. The van der Waals surface area contributed by atoms with Crippen LogP contribution >= 0.6 is 0 Å². The van der Waals surface area contributed by atoms with Gasteiger partial charge in [-0.3, -0.25) is 4.68 Å². The van der Waals surface area contributed by atoms with Gasteiger partial charge in [0.15, 0.2) is 0 Å². The molecule has 0 bridgehead atoms. The number of aryl methyl sites for hydroxylation is 1. The van der Waals surface area contributed by atoms with Gasteiger partial charge in [0, 0.05) is 13.2 Å². The summed E-state index contributed by atoms with van der Waals surface area (Å²) in [5.41, 5.74) is 0.948. The number of aromatic nitrogens is 3. The zero-order chi connectivity index (χ0) is 17.6. The number of hydrogen-bond donors (Lipinski definition) is 0. The SMILES string of the molecule is CC(C)CCCCCCCCCn1cc(COCCC(C)C)nn1. The standard InChI is InChI=1S/C20H39N3O/c1-18(2)12-10-8-6-5-7-9-11-14-23-16-20(21-22-23)17-24-15-13-19(3)4/h16,18-19H,5-15,17H2,1-4H3. The number of unbranched alkanes of at least 4 members (excludes halogenated alkanes) is 6. The van der Waals surface area contributed by atoms with Crippen LogP contribution in [0, 0.1) is 11.8 Å². The van der Waals surface area contributed by atoms with Crippen molar-refractivity contribution in [2.45, 2.75) is 98.6 Å². The monoisotopic (exact) mass is 337 g/mol. The maximum Gasteiger partial charge on any atom is 0.108 e. The summed E-state index contributed by atoms with van der Waals surface area (Å²) in [5, 5.41) is 8.38. The van der Waals surface area contributed by atoms with Crippen LogP contribution in [0.4, 0.5) is 0 Å². The van der Waals surface area contributed by atoms with E-state index in [1.165, 1.54) is 51.4 Å². The molecule has 0 radical (unpaired) electrons. The van der Waals surface area contributed by atoms with Crippen molar-refractivity contribution in [2.75, 3.05) is 6.61 Å². The van der Waals surface area contributed by atoms with E-state index in [9.17, 15) is 0 Å². The zero-order valence-corrected chi connectivity index (χ0v) is 16.5. The molecule has 0 spiro atoms. The Balaban J connectivity index is 1.96. The summed E-state index contributed by atoms with van der Waals surface area (Å²) in [4.78, 5) is 0. The molecule has 1 rings (SSSR count). The third kappa shape index (κ3) is 11.6. The molecule has 0 aliphatic rings. The van der Waals surface area contributed by atoms with Gasteiger partial charge in [-0.05, 0) is 24.7 Å². The Morgan fingerprint density at radius 2 is 1.50 bits per heavy atom. The number of nitrogens with zero attached hydrogens (tertiary/aromatic N) is 3. The molecule has 0 aromatic carbocycles. The second kappa shape index (κ2) is 13.4. The van der Waals surface area contributed by atoms with Crippen LogP contribution in [-0.4, -0.2) is 21.6 Å². The lowest BCUT2D eigenvalue weighted by Gasteiger charge is -2.05. The predicted octanol–water partition coefficient (Wildman–Crippen LogP) is 5.62. The minimum Gasteiger partial charge on any atom is -0.375 e. The molecule has 1 aromatic rings. The molecular formula is C20H39N3O. The van der Waals surface area contributed by atoms with E-state index in [0.717, 1.165) is 31.2 Å². The van der Waals surface area contributed by atoms with Crippen molar-refractivity contribution in [3.63, 3.8) is 0 Å². The highest BCUT2D eigenvalue weighted by Gasteiger charge is 2.02. The van der Waals surface area contributed by atoms with Crippen LogP contribution in [0.15, 0.2) is 6.20 Å². The molecule has 0 unspecified atom stereocenters. The van der Waals surface area contributed by atoms with E-state index < -0.39 is 0 Å². The fourth-order valence-corrected chi connectivity index (χ4v) is 2.72. The molecule has 0 saturated carbocycles. The van der Waals surface area contributed by atoms with Crippen LogP contribution in [0.2, 0.25) is 0 Å². The van der Waals surface area contributed by atoms with E-state index in [-0.39, 0.29) is 0 Å². The van der Waals surface area contributed by atoms with Gasteiger partial charge in [-0.2, -0.15) is 0 Å². The fourth-order valence-electron chi connectivity index (χ4n) is 2.72. The van der Waals surface area contributed by atoms with E-state index in [0.29, 0.717) is 12.5 Å². The highest BCUT2D eigenvalue weighted by atomic mass is 16.5. The van der Waals surface area contributed by atoms with Gasteiger partial charge < -0.3 is 4.74 Å². The summed E-state index contributed by atoms with van der Waals surface area (Å²) >= 11 is 0. The minimum atomic E-state index is 0.586. The van der Waals surface area contributed by atoms with Crippen LogP contribution in [0.1, 0.15) is 91.2 Å². The largest absolute Gasteiger partial charge is 0.375 e. The minimum absolute atomic E-state index is 0.586. The maximum atomic E-state index is 5.63. The highest BCUT2D eigenvalue weighted by Crippen LogP contribution is 2.12. The summed E-state index contributed by atoms with van der Waals surface area (Å²) < 4.78 is 7.59. The molecule has 0 saturated heterocycles. The van der Waals surface area contributed by atoms with Crippen LogP contribution in [-0.2, 0) is 17.9 Å². The molecule has 0 N–H and O–H groups in total. The molecule has 0 atom stereocenters. The van der Waals surface area contributed by atoms with Gasteiger partial charge in [-0.1, -0.05) is 77.9 Å². The first-order chi connectivity index (χ1) is 11.6. The average molecular weight is 338 g/mol. The van der Waals surface area contributed by atoms with Crippen molar-refractivity contribution >= 4 is 0 Å².